The van der Waals surface area contributed by atoms with Gasteiger partial charge in [0.2, 0.25) is 5.91 Å². The van der Waals surface area contributed by atoms with Crippen molar-refractivity contribution >= 4 is 5.91 Å². The third-order valence-electron chi connectivity index (χ3n) is 2.74. The SMILES string of the molecule is C=CCC(C)NC(=O)CC1CCOCC1. The zero-order valence-corrected chi connectivity index (χ0v) is 9.50. The second-order valence-corrected chi connectivity index (χ2v) is 4.25. The third-order valence-corrected chi connectivity index (χ3v) is 2.74. The van der Waals surface area contributed by atoms with E-state index in [9.17, 15) is 4.79 Å². The van der Waals surface area contributed by atoms with Crippen LogP contribution in [0.3, 0.4) is 0 Å². The molecule has 0 aromatic rings. The zero-order valence-electron chi connectivity index (χ0n) is 9.50. The number of amides is 1. The van der Waals surface area contributed by atoms with Crippen LogP contribution in [0.25, 0.3) is 0 Å². The standard InChI is InChI=1S/C12H21NO2/c1-3-4-10(2)13-12(14)9-11-5-7-15-8-6-11/h3,10-11H,1,4-9H2,2H3,(H,13,14). The van der Waals surface area contributed by atoms with Crippen LogP contribution in [0, 0.1) is 5.92 Å². The van der Waals surface area contributed by atoms with Gasteiger partial charge < -0.3 is 10.1 Å². The van der Waals surface area contributed by atoms with Crippen LogP contribution in [-0.2, 0) is 9.53 Å². The van der Waals surface area contributed by atoms with Crippen molar-refractivity contribution in [2.75, 3.05) is 13.2 Å². The molecule has 1 aliphatic rings. The van der Waals surface area contributed by atoms with Crippen molar-refractivity contribution in [3.05, 3.63) is 12.7 Å². The van der Waals surface area contributed by atoms with E-state index in [2.05, 4.69) is 11.9 Å². The zero-order chi connectivity index (χ0) is 11.1. The molecule has 1 atom stereocenters. The van der Waals surface area contributed by atoms with E-state index in [0.29, 0.717) is 12.3 Å². The molecule has 1 rings (SSSR count). The molecule has 1 fully saturated rings. The van der Waals surface area contributed by atoms with Crippen LogP contribution in [0.4, 0.5) is 0 Å². The molecule has 0 saturated carbocycles. The van der Waals surface area contributed by atoms with Gasteiger partial charge in [0, 0.05) is 25.7 Å². The fraction of sp³-hybridized carbons (Fsp3) is 0.750. The Morgan fingerprint density at radius 2 is 2.27 bits per heavy atom. The van der Waals surface area contributed by atoms with Crippen LogP contribution < -0.4 is 5.32 Å². The lowest BCUT2D eigenvalue weighted by molar-refractivity contribution is -0.123. The number of hydrogen-bond donors (Lipinski definition) is 1. The Labute approximate surface area is 91.9 Å². The van der Waals surface area contributed by atoms with Crippen molar-refractivity contribution in [2.45, 2.75) is 38.6 Å². The summed E-state index contributed by atoms with van der Waals surface area (Å²) in [5.74, 6) is 0.672. The molecule has 0 radical (unpaired) electrons. The molecule has 0 spiro atoms. The number of nitrogens with one attached hydrogen (secondary N) is 1. The number of carbonyl (C=O) groups excluding carboxylic acids is 1. The molecule has 0 aliphatic carbocycles. The Bertz CT molecular complexity index is 210. The highest BCUT2D eigenvalue weighted by molar-refractivity contribution is 5.76. The largest absolute Gasteiger partial charge is 0.381 e. The Hall–Kier alpha value is -0.830. The van der Waals surface area contributed by atoms with Crippen LogP contribution >= 0.6 is 0 Å². The molecule has 1 N–H and O–H groups in total. The summed E-state index contributed by atoms with van der Waals surface area (Å²) in [6, 6.07) is 0.204. The minimum absolute atomic E-state index is 0.163. The first-order chi connectivity index (χ1) is 7.22. The van der Waals surface area contributed by atoms with Gasteiger partial charge in [-0.1, -0.05) is 6.08 Å². The molecule has 3 nitrogen and oxygen atoms in total. The molecule has 0 aromatic carbocycles. The Morgan fingerprint density at radius 3 is 2.87 bits per heavy atom. The third kappa shape index (κ3) is 4.98. The smallest absolute Gasteiger partial charge is 0.220 e. The van der Waals surface area contributed by atoms with E-state index in [1.54, 1.807) is 0 Å². The topological polar surface area (TPSA) is 38.3 Å². The molecule has 1 amide bonds. The van der Waals surface area contributed by atoms with Crippen LogP contribution in [-0.4, -0.2) is 25.2 Å². The maximum absolute atomic E-state index is 11.6. The van der Waals surface area contributed by atoms with E-state index in [-0.39, 0.29) is 11.9 Å². The van der Waals surface area contributed by atoms with Crippen molar-refractivity contribution in [2.24, 2.45) is 5.92 Å². The Kier molecular flexibility index (Phi) is 5.40. The molecule has 0 aromatic heterocycles. The summed E-state index contributed by atoms with van der Waals surface area (Å²) in [4.78, 5) is 11.6. The van der Waals surface area contributed by atoms with E-state index in [1.165, 1.54) is 0 Å². The number of ether oxygens (including phenoxy) is 1. The average molecular weight is 211 g/mol. The monoisotopic (exact) mass is 211 g/mol. The van der Waals surface area contributed by atoms with Crippen molar-refractivity contribution < 1.29 is 9.53 Å². The highest BCUT2D eigenvalue weighted by Crippen LogP contribution is 2.18. The summed E-state index contributed by atoms with van der Waals surface area (Å²) in [6.07, 6.45) is 5.34. The molecule has 1 saturated heterocycles. The fourth-order valence-electron chi connectivity index (χ4n) is 1.86. The molecular formula is C12H21NO2. The van der Waals surface area contributed by atoms with Gasteiger partial charge >= 0.3 is 0 Å². The van der Waals surface area contributed by atoms with Crippen LogP contribution in [0.15, 0.2) is 12.7 Å². The van der Waals surface area contributed by atoms with Gasteiger partial charge in [0.1, 0.15) is 0 Å². The fourth-order valence-corrected chi connectivity index (χ4v) is 1.86. The summed E-state index contributed by atoms with van der Waals surface area (Å²) >= 11 is 0. The van der Waals surface area contributed by atoms with Gasteiger partial charge in [0.05, 0.1) is 0 Å². The first kappa shape index (κ1) is 12.2. The van der Waals surface area contributed by atoms with Gasteiger partial charge in [0.15, 0.2) is 0 Å². The molecule has 86 valence electrons. The van der Waals surface area contributed by atoms with Gasteiger partial charge in [-0.05, 0) is 32.1 Å². The van der Waals surface area contributed by atoms with Gasteiger partial charge in [-0.25, -0.2) is 0 Å². The summed E-state index contributed by atoms with van der Waals surface area (Å²) < 4.78 is 5.26. The quantitative estimate of drug-likeness (QED) is 0.705. The van der Waals surface area contributed by atoms with E-state index < -0.39 is 0 Å². The lowest BCUT2D eigenvalue weighted by Crippen LogP contribution is -2.34. The van der Waals surface area contributed by atoms with Crippen LogP contribution in [0.5, 0.6) is 0 Å². The first-order valence-electron chi connectivity index (χ1n) is 5.70. The van der Waals surface area contributed by atoms with Crippen LogP contribution in [0.2, 0.25) is 0 Å². The van der Waals surface area contributed by atoms with Crippen molar-refractivity contribution in [1.82, 2.24) is 5.32 Å². The molecule has 1 aliphatic heterocycles. The lowest BCUT2D eigenvalue weighted by atomic mass is 9.96. The summed E-state index contributed by atoms with van der Waals surface area (Å²) in [6.45, 7) is 7.27. The van der Waals surface area contributed by atoms with Gasteiger partial charge in [0.25, 0.3) is 0 Å². The van der Waals surface area contributed by atoms with E-state index in [1.807, 2.05) is 13.0 Å². The minimum atomic E-state index is 0.163. The predicted octanol–water partition coefficient (Wildman–Crippen LogP) is 1.88. The molecule has 1 unspecified atom stereocenters. The number of rotatable bonds is 5. The van der Waals surface area contributed by atoms with Gasteiger partial charge in [-0.2, -0.15) is 0 Å². The second-order valence-electron chi connectivity index (χ2n) is 4.25. The van der Waals surface area contributed by atoms with Gasteiger partial charge in [-0.3, -0.25) is 4.79 Å². The molecule has 1 heterocycles. The highest BCUT2D eigenvalue weighted by atomic mass is 16.5. The normalized spacial score (nSPS) is 19.5. The minimum Gasteiger partial charge on any atom is -0.381 e. The maximum Gasteiger partial charge on any atom is 0.220 e. The summed E-state index contributed by atoms with van der Waals surface area (Å²) in [5.41, 5.74) is 0. The van der Waals surface area contributed by atoms with E-state index >= 15 is 0 Å². The molecular weight excluding hydrogens is 190 g/mol. The van der Waals surface area contributed by atoms with Gasteiger partial charge in [-0.15, -0.1) is 6.58 Å². The average Bonchev–Trinajstić information content (AvgIpc) is 2.19. The lowest BCUT2D eigenvalue weighted by Gasteiger charge is -2.22. The summed E-state index contributed by atoms with van der Waals surface area (Å²) in [5, 5.41) is 2.98. The number of hydrogen-bond acceptors (Lipinski definition) is 2. The van der Waals surface area contributed by atoms with Crippen molar-refractivity contribution in [1.29, 1.82) is 0 Å². The Balaban J connectivity index is 2.19. The molecule has 0 bridgehead atoms. The maximum atomic E-state index is 11.6. The highest BCUT2D eigenvalue weighted by Gasteiger charge is 2.17. The molecule has 3 heteroatoms. The number of carbonyl (C=O) groups is 1. The first-order valence-corrected chi connectivity index (χ1v) is 5.70. The van der Waals surface area contributed by atoms with Crippen molar-refractivity contribution in [3.8, 4) is 0 Å². The van der Waals surface area contributed by atoms with Crippen molar-refractivity contribution in [3.63, 3.8) is 0 Å². The summed E-state index contributed by atoms with van der Waals surface area (Å²) in [7, 11) is 0. The predicted molar refractivity (Wildman–Crippen MR) is 60.6 cm³/mol. The second kappa shape index (κ2) is 6.62. The van der Waals surface area contributed by atoms with E-state index in [4.69, 9.17) is 4.74 Å². The Morgan fingerprint density at radius 1 is 1.60 bits per heavy atom. The van der Waals surface area contributed by atoms with Crippen LogP contribution in [0.1, 0.15) is 32.6 Å². The van der Waals surface area contributed by atoms with E-state index in [0.717, 1.165) is 32.5 Å². The molecule has 15 heavy (non-hydrogen) atoms.